The first-order chi connectivity index (χ1) is 14.8. The van der Waals surface area contributed by atoms with Crippen LogP contribution in [0.3, 0.4) is 0 Å². The van der Waals surface area contributed by atoms with Gasteiger partial charge >= 0.3 is 12.1 Å². The molecule has 3 atom stereocenters. The molecule has 7 nitrogen and oxygen atoms in total. The van der Waals surface area contributed by atoms with Gasteiger partial charge in [-0.2, -0.15) is 24.5 Å². The number of carbonyl (C=O) groups excluding carboxylic acids is 1. The molecule has 1 aliphatic carbocycles. The molecule has 4 rings (SSSR count). The second kappa shape index (κ2) is 10.2. The number of fused-ring (bicyclic) bond motifs is 1. The number of carbonyl (C=O) groups is 2. The fraction of sp³-hybridized carbons (Fsp3) is 0.450. The highest BCUT2D eigenvalue weighted by atomic mass is 32.1. The number of thiophene rings is 1. The molecular weight excluding hydrogens is 437 g/mol. The van der Waals surface area contributed by atoms with E-state index in [1.807, 2.05) is 39.9 Å². The normalized spacial score (nSPS) is 22.9. The second-order valence-electron chi connectivity index (χ2n) is 6.96. The Hall–Kier alpha value is -2.50. The van der Waals surface area contributed by atoms with Crippen molar-refractivity contribution >= 4 is 23.2 Å². The third kappa shape index (κ3) is 6.02. The molecule has 1 amide bonds. The third-order valence-electron chi connectivity index (χ3n) is 4.98. The summed E-state index contributed by atoms with van der Waals surface area (Å²) in [5.41, 5.74) is 1.70. The number of pyridine rings is 1. The molecule has 3 heterocycles. The molecule has 168 valence electrons. The summed E-state index contributed by atoms with van der Waals surface area (Å²) in [4.78, 5) is 27.9. The number of aliphatic carboxylic acids is 1. The molecule has 0 bridgehead atoms. The second-order valence-corrected chi connectivity index (χ2v) is 7.74. The molecule has 2 aromatic heterocycles. The standard InChI is InChI=1S/C18H20N2O3S.C2HF3O2/c21-18(13-6-10-24-12-13)20-8-9-22-17-15(20)4-5-16(17)23-11-14-3-1-2-7-19-14;3-2(4,5)1(6)7/h1-3,6-7,10,12,15-17H,4-5,8-9,11H2;(H,6,7)/t15-,16+,17+;/m0./s1. The van der Waals surface area contributed by atoms with Crippen molar-refractivity contribution in [3.63, 3.8) is 0 Å². The van der Waals surface area contributed by atoms with Gasteiger partial charge in [-0.25, -0.2) is 4.79 Å². The monoisotopic (exact) mass is 458 g/mol. The van der Waals surface area contributed by atoms with Crippen molar-refractivity contribution in [3.05, 3.63) is 52.5 Å². The number of nitrogens with zero attached hydrogens (tertiary/aromatic N) is 2. The van der Waals surface area contributed by atoms with Crippen LogP contribution in [0.25, 0.3) is 0 Å². The van der Waals surface area contributed by atoms with Crippen LogP contribution in [0.4, 0.5) is 13.2 Å². The molecule has 2 aromatic rings. The predicted molar refractivity (Wildman–Crippen MR) is 105 cm³/mol. The molecule has 1 saturated carbocycles. The van der Waals surface area contributed by atoms with Crippen molar-refractivity contribution in [2.24, 2.45) is 0 Å². The van der Waals surface area contributed by atoms with Crippen LogP contribution in [-0.2, 0) is 20.9 Å². The number of hydrogen-bond donors (Lipinski definition) is 1. The number of carboxylic acids is 1. The Bertz CT molecular complexity index is 863. The number of ether oxygens (including phenoxy) is 2. The van der Waals surface area contributed by atoms with E-state index in [0.717, 1.165) is 24.1 Å². The number of carboxylic acid groups (broad SMARTS) is 1. The first-order valence-electron chi connectivity index (χ1n) is 9.53. The molecule has 2 fully saturated rings. The lowest BCUT2D eigenvalue weighted by molar-refractivity contribution is -0.192. The van der Waals surface area contributed by atoms with E-state index in [-0.39, 0.29) is 24.2 Å². The Balaban J connectivity index is 0.000000339. The van der Waals surface area contributed by atoms with E-state index in [1.54, 1.807) is 17.5 Å². The number of hydrogen-bond acceptors (Lipinski definition) is 6. The van der Waals surface area contributed by atoms with Gasteiger partial charge in [0.1, 0.15) is 6.10 Å². The number of amides is 1. The summed E-state index contributed by atoms with van der Waals surface area (Å²) in [6.45, 7) is 1.71. The fourth-order valence-electron chi connectivity index (χ4n) is 3.57. The number of morpholine rings is 1. The zero-order chi connectivity index (χ0) is 22.4. The van der Waals surface area contributed by atoms with Crippen molar-refractivity contribution in [2.75, 3.05) is 13.2 Å². The molecule has 1 aliphatic heterocycles. The number of halogens is 3. The Kier molecular flexibility index (Phi) is 7.63. The van der Waals surface area contributed by atoms with Gasteiger partial charge in [-0.05, 0) is 36.4 Å². The Morgan fingerprint density at radius 3 is 2.68 bits per heavy atom. The van der Waals surface area contributed by atoms with Crippen LogP contribution in [0.15, 0.2) is 41.2 Å². The van der Waals surface area contributed by atoms with Gasteiger partial charge in [-0.1, -0.05) is 6.07 Å². The fourth-order valence-corrected chi connectivity index (χ4v) is 4.20. The van der Waals surface area contributed by atoms with E-state index in [1.165, 1.54) is 0 Å². The molecule has 1 saturated heterocycles. The maximum absolute atomic E-state index is 12.7. The van der Waals surface area contributed by atoms with Crippen LogP contribution in [0, 0.1) is 0 Å². The summed E-state index contributed by atoms with van der Waals surface area (Å²) in [7, 11) is 0. The van der Waals surface area contributed by atoms with Crippen LogP contribution in [0.1, 0.15) is 28.9 Å². The average molecular weight is 458 g/mol. The lowest BCUT2D eigenvalue weighted by Gasteiger charge is -2.39. The van der Waals surface area contributed by atoms with Gasteiger partial charge in [-0.3, -0.25) is 9.78 Å². The quantitative estimate of drug-likeness (QED) is 0.756. The maximum atomic E-state index is 12.7. The largest absolute Gasteiger partial charge is 0.490 e. The molecule has 0 radical (unpaired) electrons. The maximum Gasteiger partial charge on any atom is 0.490 e. The van der Waals surface area contributed by atoms with E-state index >= 15 is 0 Å². The first-order valence-corrected chi connectivity index (χ1v) is 10.5. The summed E-state index contributed by atoms with van der Waals surface area (Å²) in [6, 6.07) is 7.82. The summed E-state index contributed by atoms with van der Waals surface area (Å²) in [5, 5.41) is 11.0. The minimum Gasteiger partial charge on any atom is -0.475 e. The van der Waals surface area contributed by atoms with Crippen LogP contribution >= 0.6 is 11.3 Å². The molecule has 0 unspecified atom stereocenters. The lowest BCUT2D eigenvalue weighted by Crippen LogP contribution is -2.53. The smallest absolute Gasteiger partial charge is 0.475 e. The van der Waals surface area contributed by atoms with E-state index in [2.05, 4.69) is 4.98 Å². The average Bonchev–Trinajstić information content (AvgIpc) is 3.42. The van der Waals surface area contributed by atoms with Crippen LogP contribution in [0.2, 0.25) is 0 Å². The van der Waals surface area contributed by atoms with Gasteiger partial charge in [0.2, 0.25) is 0 Å². The van der Waals surface area contributed by atoms with Crippen molar-refractivity contribution in [1.29, 1.82) is 0 Å². The zero-order valence-corrected chi connectivity index (χ0v) is 17.1. The SMILES string of the molecule is O=C(O)C(F)(F)F.O=C(c1ccsc1)N1CCO[C@H]2[C@H](OCc3ccccn3)CC[C@@H]21. The predicted octanol–water partition coefficient (Wildman–Crippen LogP) is 3.37. The third-order valence-corrected chi connectivity index (χ3v) is 5.66. The highest BCUT2D eigenvalue weighted by Crippen LogP contribution is 2.33. The van der Waals surface area contributed by atoms with Gasteiger partial charge in [-0.15, -0.1) is 0 Å². The molecule has 0 aromatic carbocycles. The van der Waals surface area contributed by atoms with Gasteiger partial charge in [0.25, 0.3) is 5.91 Å². The Morgan fingerprint density at radius 2 is 2.06 bits per heavy atom. The van der Waals surface area contributed by atoms with Gasteiger partial charge < -0.3 is 19.5 Å². The molecule has 2 aliphatic rings. The van der Waals surface area contributed by atoms with Gasteiger partial charge in [0, 0.05) is 18.1 Å². The lowest BCUT2D eigenvalue weighted by atomic mass is 10.1. The minimum absolute atomic E-state index is 0.0232. The number of aromatic nitrogens is 1. The molecule has 0 spiro atoms. The summed E-state index contributed by atoms with van der Waals surface area (Å²) < 4.78 is 43.8. The van der Waals surface area contributed by atoms with Crippen molar-refractivity contribution in [2.45, 2.75) is 43.9 Å². The molecule has 31 heavy (non-hydrogen) atoms. The Morgan fingerprint density at radius 1 is 1.29 bits per heavy atom. The van der Waals surface area contributed by atoms with E-state index < -0.39 is 12.1 Å². The molecule has 1 N–H and O–H groups in total. The van der Waals surface area contributed by atoms with Gasteiger partial charge in [0.15, 0.2) is 0 Å². The van der Waals surface area contributed by atoms with Crippen molar-refractivity contribution in [3.8, 4) is 0 Å². The minimum atomic E-state index is -5.08. The van der Waals surface area contributed by atoms with E-state index in [0.29, 0.717) is 19.8 Å². The number of rotatable bonds is 4. The first kappa shape index (κ1) is 23.2. The molecule has 11 heteroatoms. The Labute approximate surface area is 180 Å². The molecular formula is C20H21F3N2O5S. The van der Waals surface area contributed by atoms with Gasteiger partial charge in [0.05, 0.1) is 36.6 Å². The van der Waals surface area contributed by atoms with Crippen molar-refractivity contribution < 1.29 is 37.3 Å². The van der Waals surface area contributed by atoms with Crippen LogP contribution in [0.5, 0.6) is 0 Å². The zero-order valence-electron chi connectivity index (χ0n) is 16.3. The van der Waals surface area contributed by atoms with E-state index in [4.69, 9.17) is 19.4 Å². The highest BCUT2D eigenvalue weighted by Gasteiger charge is 2.45. The summed E-state index contributed by atoms with van der Waals surface area (Å²) in [5.74, 6) is -2.65. The van der Waals surface area contributed by atoms with Crippen LogP contribution in [-0.4, -0.2) is 64.4 Å². The topological polar surface area (TPSA) is 89.0 Å². The van der Waals surface area contributed by atoms with Crippen LogP contribution < -0.4 is 0 Å². The highest BCUT2D eigenvalue weighted by molar-refractivity contribution is 7.08. The van der Waals surface area contributed by atoms with E-state index in [9.17, 15) is 18.0 Å². The van der Waals surface area contributed by atoms with Crippen molar-refractivity contribution in [1.82, 2.24) is 9.88 Å². The summed E-state index contributed by atoms with van der Waals surface area (Å²) >= 11 is 1.55. The number of alkyl halides is 3. The summed E-state index contributed by atoms with van der Waals surface area (Å²) in [6.07, 6.45) is -1.49.